The van der Waals surface area contributed by atoms with E-state index in [2.05, 4.69) is 15.3 Å². The Morgan fingerprint density at radius 2 is 2.38 bits per heavy atom. The second-order valence-corrected chi connectivity index (χ2v) is 3.79. The molecule has 2 aromatic rings. The van der Waals surface area contributed by atoms with Gasteiger partial charge in [-0.2, -0.15) is 4.98 Å². The van der Waals surface area contributed by atoms with Gasteiger partial charge in [-0.3, -0.25) is 19.7 Å². The molecule has 0 atom stereocenters. The fourth-order valence-corrected chi connectivity index (χ4v) is 1.43. The highest BCUT2D eigenvalue weighted by Crippen LogP contribution is 2.17. The Hall–Kier alpha value is -3.17. The van der Waals surface area contributed by atoms with Crippen LogP contribution in [-0.4, -0.2) is 27.4 Å². The molecule has 10 nitrogen and oxygen atoms in total. The maximum absolute atomic E-state index is 11.5. The normalized spacial score (nSPS) is 10.1. The summed E-state index contributed by atoms with van der Waals surface area (Å²) < 4.78 is 9.91. The summed E-state index contributed by atoms with van der Waals surface area (Å²) in [6.07, 6.45) is 2.41. The van der Waals surface area contributed by atoms with E-state index in [0.29, 0.717) is 5.76 Å². The van der Waals surface area contributed by atoms with Crippen LogP contribution in [0.4, 0.5) is 5.69 Å². The van der Waals surface area contributed by atoms with Gasteiger partial charge in [0.25, 0.3) is 5.91 Å². The number of carbonyl (C=O) groups is 1. The van der Waals surface area contributed by atoms with E-state index < -0.39 is 34.6 Å². The number of nitrogens with one attached hydrogen (secondary N) is 2. The first-order chi connectivity index (χ1) is 10.1. The fraction of sp³-hybridized carbons (Fsp3) is 0.182. The number of H-pyrrole nitrogens is 1. The van der Waals surface area contributed by atoms with Gasteiger partial charge in [-0.1, -0.05) is 0 Å². The molecule has 2 heterocycles. The molecule has 0 fully saturated rings. The lowest BCUT2D eigenvalue weighted by Crippen LogP contribution is -2.29. The summed E-state index contributed by atoms with van der Waals surface area (Å²) in [5.41, 5.74) is -1.81. The maximum Gasteiger partial charge on any atom is 0.395 e. The molecule has 21 heavy (non-hydrogen) atoms. The molecule has 0 saturated carbocycles. The predicted octanol–water partition coefficient (Wildman–Crippen LogP) is -0.0337. The van der Waals surface area contributed by atoms with Crippen LogP contribution in [0.5, 0.6) is 5.88 Å². The lowest BCUT2D eigenvalue weighted by Gasteiger charge is -2.05. The summed E-state index contributed by atoms with van der Waals surface area (Å²) in [5, 5.41) is 13.2. The van der Waals surface area contributed by atoms with E-state index in [4.69, 9.17) is 9.15 Å². The van der Waals surface area contributed by atoms with Crippen LogP contribution in [0.3, 0.4) is 0 Å². The van der Waals surface area contributed by atoms with E-state index in [-0.39, 0.29) is 6.54 Å². The van der Waals surface area contributed by atoms with Crippen molar-refractivity contribution in [2.75, 3.05) is 6.61 Å². The van der Waals surface area contributed by atoms with Gasteiger partial charge in [0.2, 0.25) is 0 Å². The van der Waals surface area contributed by atoms with E-state index >= 15 is 0 Å². The second kappa shape index (κ2) is 6.32. The zero-order valence-electron chi connectivity index (χ0n) is 10.6. The number of aromatic amines is 1. The summed E-state index contributed by atoms with van der Waals surface area (Å²) >= 11 is 0. The lowest BCUT2D eigenvalue weighted by molar-refractivity contribution is -0.387. The lowest BCUT2D eigenvalue weighted by atomic mass is 10.4. The van der Waals surface area contributed by atoms with Gasteiger partial charge in [0.15, 0.2) is 6.61 Å². The van der Waals surface area contributed by atoms with Crippen molar-refractivity contribution in [3.05, 3.63) is 51.0 Å². The number of hydrogen-bond acceptors (Lipinski definition) is 7. The molecule has 0 radical (unpaired) electrons. The summed E-state index contributed by atoms with van der Waals surface area (Å²) in [6.45, 7) is -0.363. The van der Waals surface area contributed by atoms with Crippen LogP contribution in [0.25, 0.3) is 0 Å². The molecule has 2 rings (SSSR count). The number of nitrogens with zero attached hydrogens (tertiary/aromatic N) is 2. The molecule has 0 aromatic carbocycles. The molecule has 2 aromatic heterocycles. The third-order valence-electron chi connectivity index (χ3n) is 2.36. The largest absolute Gasteiger partial charge is 0.467 e. The van der Waals surface area contributed by atoms with Crippen molar-refractivity contribution in [1.29, 1.82) is 0 Å². The van der Waals surface area contributed by atoms with Gasteiger partial charge in [-0.25, -0.2) is 0 Å². The van der Waals surface area contributed by atoms with Gasteiger partial charge >= 0.3 is 17.1 Å². The molecule has 0 bridgehead atoms. The van der Waals surface area contributed by atoms with Crippen LogP contribution in [0.15, 0.2) is 33.9 Å². The zero-order valence-corrected chi connectivity index (χ0v) is 10.6. The molecule has 10 heteroatoms. The third-order valence-corrected chi connectivity index (χ3v) is 2.36. The predicted molar refractivity (Wildman–Crippen MR) is 67.6 cm³/mol. The Morgan fingerprint density at radius 3 is 3.05 bits per heavy atom. The average molecular weight is 294 g/mol. The van der Waals surface area contributed by atoms with Crippen molar-refractivity contribution in [1.82, 2.24) is 15.3 Å². The molecule has 0 spiro atoms. The summed E-state index contributed by atoms with van der Waals surface area (Å²) in [6, 6.07) is 3.34. The number of carbonyl (C=O) groups excluding carboxylic acids is 1. The highest BCUT2D eigenvalue weighted by Gasteiger charge is 2.22. The van der Waals surface area contributed by atoms with Gasteiger partial charge in [-0.15, -0.1) is 0 Å². The Labute approximate surface area is 116 Å². The van der Waals surface area contributed by atoms with Crippen LogP contribution in [0, 0.1) is 10.1 Å². The smallest absolute Gasteiger partial charge is 0.395 e. The van der Waals surface area contributed by atoms with Gasteiger partial charge in [0.1, 0.15) is 5.76 Å². The van der Waals surface area contributed by atoms with E-state index in [9.17, 15) is 19.7 Å². The quantitative estimate of drug-likeness (QED) is 0.562. The van der Waals surface area contributed by atoms with Crippen LogP contribution < -0.4 is 15.6 Å². The molecule has 0 aliphatic rings. The molecule has 0 aliphatic heterocycles. The van der Waals surface area contributed by atoms with Gasteiger partial charge in [0, 0.05) is 0 Å². The number of amides is 1. The average Bonchev–Trinajstić information content (AvgIpc) is 2.95. The van der Waals surface area contributed by atoms with Gasteiger partial charge in [0.05, 0.1) is 24.1 Å². The van der Waals surface area contributed by atoms with Crippen LogP contribution in [-0.2, 0) is 11.3 Å². The first-order valence-corrected chi connectivity index (χ1v) is 5.72. The Kier molecular flexibility index (Phi) is 4.29. The Bertz CT molecular complexity index is 693. The van der Waals surface area contributed by atoms with E-state index in [0.717, 1.165) is 6.33 Å². The fourth-order valence-electron chi connectivity index (χ4n) is 1.43. The molecule has 0 aliphatic carbocycles. The van der Waals surface area contributed by atoms with E-state index in [1.807, 2.05) is 0 Å². The molecule has 110 valence electrons. The minimum atomic E-state index is -0.957. The van der Waals surface area contributed by atoms with E-state index in [1.165, 1.54) is 6.26 Å². The van der Waals surface area contributed by atoms with Crippen molar-refractivity contribution in [2.45, 2.75) is 6.54 Å². The van der Waals surface area contributed by atoms with Gasteiger partial charge in [-0.05, 0) is 12.1 Å². The van der Waals surface area contributed by atoms with Crippen molar-refractivity contribution >= 4 is 11.6 Å². The van der Waals surface area contributed by atoms with Crippen LogP contribution >= 0.6 is 0 Å². The van der Waals surface area contributed by atoms with Crippen molar-refractivity contribution < 1.29 is 18.9 Å². The molecule has 2 N–H and O–H groups in total. The number of ether oxygens (including phenoxy) is 1. The highest BCUT2D eigenvalue weighted by molar-refractivity contribution is 5.77. The highest BCUT2D eigenvalue weighted by atomic mass is 16.6. The monoisotopic (exact) mass is 294 g/mol. The first kappa shape index (κ1) is 14.2. The number of furan rings is 1. The minimum absolute atomic E-state index is 0.153. The molecule has 0 saturated heterocycles. The SMILES string of the molecule is O=C(COc1nc[nH]c(=O)c1[N+](=O)[O-])NCc1ccco1. The third kappa shape index (κ3) is 3.65. The summed E-state index contributed by atoms with van der Waals surface area (Å²) in [4.78, 5) is 38.2. The Morgan fingerprint density at radius 1 is 1.57 bits per heavy atom. The van der Waals surface area contributed by atoms with Crippen molar-refractivity contribution in [3.63, 3.8) is 0 Å². The standard InChI is InChI=1S/C11H10N4O6/c16-8(12-4-7-2-1-3-20-7)5-21-11-9(15(18)19)10(17)13-6-14-11/h1-3,6H,4-5H2,(H,12,16)(H,13,14,17). The number of hydrogen-bond donors (Lipinski definition) is 2. The molecule has 1 amide bonds. The Balaban J connectivity index is 1.94. The summed E-state index contributed by atoms with van der Waals surface area (Å²) in [5.74, 6) is -0.511. The minimum Gasteiger partial charge on any atom is -0.467 e. The topological polar surface area (TPSA) is 140 Å². The first-order valence-electron chi connectivity index (χ1n) is 5.72. The van der Waals surface area contributed by atoms with Crippen molar-refractivity contribution in [2.24, 2.45) is 0 Å². The van der Waals surface area contributed by atoms with Crippen LogP contribution in [0.2, 0.25) is 0 Å². The zero-order chi connectivity index (χ0) is 15.2. The summed E-state index contributed by atoms with van der Waals surface area (Å²) in [7, 11) is 0. The van der Waals surface area contributed by atoms with Crippen molar-refractivity contribution in [3.8, 4) is 5.88 Å². The second-order valence-electron chi connectivity index (χ2n) is 3.79. The molecule has 0 unspecified atom stereocenters. The maximum atomic E-state index is 11.5. The van der Waals surface area contributed by atoms with E-state index in [1.54, 1.807) is 12.1 Å². The number of nitro groups is 1. The number of rotatable bonds is 6. The molecular formula is C11H10N4O6. The molecular weight excluding hydrogens is 284 g/mol. The van der Waals surface area contributed by atoms with Crippen LogP contribution in [0.1, 0.15) is 5.76 Å². The number of aromatic nitrogens is 2. The van der Waals surface area contributed by atoms with Gasteiger partial charge < -0.3 is 19.5 Å².